The van der Waals surface area contributed by atoms with Crippen molar-refractivity contribution in [2.75, 3.05) is 0 Å². The molecule has 0 N–H and O–H groups in total. The Bertz CT molecular complexity index is 2860. The van der Waals surface area contributed by atoms with Crippen LogP contribution in [0.4, 0.5) is 0 Å². The van der Waals surface area contributed by atoms with Gasteiger partial charge < -0.3 is 0 Å². The zero-order valence-corrected chi connectivity index (χ0v) is 24.3. The molecule has 2 heteroatoms. The lowest BCUT2D eigenvalue weighted by atomic mass is 9.91. The molecular weight excluding hydrogens is 546 g/mol. The maximum Gasteiger partial charge on any atom is 0.263 e. The highest BCUT2D eigenvalue weighted by molar-refractivity contribution is 6.26. The van der Waals surface area contributed by atoms with E-state index in [0.29, 0.717) is 0 Å². The highest BCUT2D eigenvalue weighted by atomic mass is 16.1. The second-order valence-corrected chi connectivity index (χ2v) is 12.1. The van der Waals surface area contributed by atoms with Crippen molar-refractivity contribution >= 4 is 70.3 Å². The molecule has 0 atom stereocenters. The Hall–Kier alpha value is -5.99. The monoisotopic (exact) mass is 571 g/mol. The zero-order chi connectivity index (χ0) is 29.6. The number of hydrogen-bond acceptors (Lipinski definition) is 1. The van der Waals surface area contributed by atoms with Crippen molar-refractivity contribution in [2.24, 2.45) is 0 Å². The quantitative estimate of drug-likeness (QED) is 0.189. The van der Waals surface area contributed by atoms with Crippen LogP contribution >= 0.6 is 0 Å². The second-order valence-electron chi connectivity index (χ2n) is 12.1. The Morgan fingerprint density at radius 1 is 0.311 bits per heavy atom. The molecule has 0 unspecified atom stereocenters. The summed E-state index contributed by atoms with van der Waals surface area (Å²) < 4.78 is 1.91. The molecule has 0 saturated carbocycles. The molecule has 10 aromatic rings. The molecule has 0 aliphatic carbocycles. The Morgan fingerprint density at radius 2 is 0.756 bits per heavy atom. The Kier molecular flexibility index (Phi) is 4.90. The molecule has 0 bridgehead atoms. The number of nitrogens with zero attached hydrogens (tertiary/aromatic N) is 1. The minimum absolute atomic E-state index is 0.0376. The number of fused-ring (bicyclic) bond motifs is 11. The fourth-order valence-electron chi connectivity index (χ4n) is 7.67. The molecule has 10 rings (SSSR count). The molecule has 8 aromatic carbocycles. The van der Waals surface area contributed by atoms with E-state index in [1.165, 1.54) is 43.4 Å². The number of aromatic nitrogens is 1. The first-order valence-corrected chi connectivity index (χ1v) is 15.4. The molecule has 2 nitrogen and oxygen atoms in total. The first-order valence-electron chi connectivity index (χ1n) is 15.4. The summed E-state index contributed by atoms with van der Waals surface area (Å²) >= 11 is 0. The van der Waals surface area contributed by atoms with Gasteiger partial charge in [0.15, 0.2) is 0 Å². The Balaban J connectivity index is 1.22. The van der Waals surface area contributed by atoms with E-state index in [9.17, 15) is 4.79 Å². The van der Waals surface area contributed by atoms with Crippen LogP contribution in [0, 0.1) is 0 Å². The number of para-hydroxylation sites is 1. The molecular formula is C43H25NO. The van der Waals surface area contributed by atoms with E-state index in [2.05, 4.69) is 127 Å². The molecule has 0 saturated heterocycles. The van der Waals surface area contributed by atoms with Crippen LogP contribution in [0.2, 0.25) is 0 Å². The van der Waals surface area contributed by atoms with Crippen molar-refractivity contribution in [3.63, 3.8) is 0 Å². The van der Waals surface area contributed by atoms with Crippen LogP contribution in [0.25, 0.3) is 92.5 Å². The number of hydrogen-bond donors (Lipinski definition) is 0. The third-order valence-corrected chi connectivity index (χ3v) is 9.69. The highest BCUT2D eigenvalue weighted by Gasteiger charge is 2.18. The lowest BCUT2D eigenvalue weighted by Gasteiger charge is -2.13. The Labute approximate surface area is 258 Å². The summed E-state index contributed by atoms with van der Waals surface area (Å²) in [5.74, 6) is 0. The van der Waals surface area contributed by atoms with Crippen LogP contribution < -0.4 is 5.56 Å². The maximum absolute atomic E-state index is 13.7. The summed E-state index contributed by atoms with van der Waals surface area (Å²) in [4.78, 5) is 13.7. The standard InChI is InChI=1S/C43H25NO/c45-43-37-18-6-5-16-34(37)39-24-29(25-40-36-17-7-8-19-41(36)44(43)42(39)40)27-11-9-10-26(22-27)28-20-21-35-32-14-2-1-12-30(32)31-13-3-4-15-33(31)38(35)23-28/h1-25H. The van der Waals surface area contributed by atoms with E-state index in [0.717, 1.165) is 49.1 Å². The normalized spacial score (nSPS) is 12.1. The molecule has 45 heavy (non-hydrogen) atoms. The highest BCUT2D eigenvalue weighted by Crippen LogP contribution is 2.40. The lowest BCUT2D eigenvalue weighted by Crippen LogP contribution is -2.12. The topological polar surface area (TPSA) is 21.5 Å². The molecule has 208 valence electrons. The van der Waals surface area contributed by atoms with Crippen molar-refractivity contribution in [3.8, 4) is 22.3 Å². The summed E-state index contributed by atoms with van der Waals surface area (Å²) in [6, 6.07) is 54.0. The fraction of sp³-hybridized carbons (Fsp3) is 0. The number of pyridine rings is 1. The largest absolute Gasteiger partial charge is 0.275 e. The molecule has 0 radical (unpaired) electrons. The van der Waals surface area contributed by atoms with Crippen LogP contribution in [0.15, 0.2) is 156 Å². The van der Waals surface area contributed by atoms with Gasteiger partial charge in [-0.05, 0) is 96.4 Å². The fourth-order valence-corrected chi connectivity index (χ4v) is 7.67. The number of rotatable bonds is 2. The third-order valence-electron chi connectivity index (χ3n) is 9.69. The van der Waals surface area contributed by atoms with E-state index in [4.69, 9.17) is 0 Å². The van der Waals surface area contributed by atoms with Crippen LogP contribution in [0.5, 0.6) is 0 Å². The van der Waals surface area contributed by atoms with Crippen molar-refractivity contribution in [1.29, 1.82) is 0 Å². The van der Waals surface area contributed by atoms with Gasteiger partial charge in [0, 0.05) is 21.5 Å². The smallest absolute Gasteiger partial charge is 0.263 e. The van der Waals surface area contributed by atoms with Gasteiger partial charge in [-0.25, -0.2) is 0 Å². The zero-order valence-electron chi connectivity index (χ0n) is 24.3. The summed E-state index contributed by atoms with van der Waals surface area (Å²) in [5, 5.41) is 12.7. The van der Waals surface area contributed by atoms with Crippen molar-refractivity contribution in [1.82, 2.24) is 4.40 Å². The molecule has 0 amide bonds. The van der Waals surface area contributed by atoms with Crippen LogP contribution in [0.3, 0.4) is 0 Å². The number of benzene rings is 8. The first-order chi connectivity index (χ1) is 22.2. The molecule has 0 spiro atoms. The molecule has 0 fully saturated rings. The molecule has 2 aromatic heterocycles. The van der Waals surface area contributed by atoms with E-state index in [1.54, 1.807) is 0 Å². The van der Waals surface area contributed by atoms with Gasteiger partial charge in [0.05, 0.1) is 11.0 Å². The van der Waals surface area contributed by atoms with E-state index in [1.807, 2.05) is 28.7 Å². The Morgan fingerprint density at radius 3 is 1.42 bits per heavy atom. The molecule has 0 aliphatic rings. The van der Waals surface area contributed by atoms with Gasteiger partial charge in [-0.15, -0.1) is 0 Å². The van der Waals surface area contributed by atoms with Gasteiger partial charge in [0.25, 0.3) is 5.56 Å². The van der Waals surface area contributed by atoms with Gasteiger partial charge in [-0.2, -0.15) is 0 Å². The van der Waals surface area contributed by atoms with Gasteiger partial charge in [-0.3, -0.25) is 9.20 Å². The molecule has 2 heterocycles. The van der Waals surface area contributed by atoms with Gasteiger partial charge in [-0.1, -0.05) is 115 Å². The average molecular weight is 572 g/mol. The summed E-state index contributed by atoms with van der Waals surface area (Å²) in [6.07, 6.45) is 0. The van der Waals surface area contributed by atoms with E-state index in [-0.39, 0.29) is 5.56 Å². The lowest BCUT2D eigenvalue weighted by molar-refractivity contribution is 1.21. The first kappa shape index (κ1) is 24.5. The van der Waals surface area contributed by atoms with E-state index >= 15 is 0 Å². The molecule has 0 aliphatic heterocycles. The third kappa shape index (κ3) is 3.37. The summed E-state index contributed by atoms with van der Waals surface area (Å²) in [7, 11) is 0. The summed E-state index contributed by atoms with van der Waals surface area (Å²) in [5.41, 5.74) is 6.65. The van der Waals surface area contributed by atoms with Crippen LogP contribution in [0.1, 0.15) is 0 Å². The minimum atomic E-state index is 0.0376. The SMILES string of the molecule is O=c1c2ccccc2c2cc(-c3cccc(-c4ccc5c6ccccc6c6ccccc6c5c4)c3)cc3c4ccccc4n1c23. The predicted molar refractivity (Wildman–Crippen MR) is 191 cm³/mol. The minimum Gasteiger partial charge on any atom is -0.275 e. The van der Waals surface area contributed by atoms with Crippen LogP contribution in [-0.4, -0.2) is 4.40 Å². The van der Waals surface area contributed by atoms with Gasteiger partial charge in [0.1, 0.15) is 0 Å². The van der Waals surface area contributed by atoms with Gasteiger partial charge >= 0.3 is 0 Å². The van der Waals surface area contributed by atoms with E-state index < -0.39 is 0 Å². The predicted octanol–water partition coefficient (Wildman–Crippen LogP) is 11.0. The van der Waals surface area contributed by atoms with Gasteiger partial charge in [0.2, 0.25) is 0 Å². The van der Waals surface area contributed by atoms with Crippen LogP contribution in [-0.2, 0) is 0 Å². The maximum atomic E-state index is 13.7. The van der Waals surface area contributed by atoms with Crippen molar-refractivity contribution in [3.05, 3.63) is 162 Å². The summed E-state index contributed by atoms with van der Waals surface area (Å²) in [6.45, 7) is 0. The second kappa shape index (κ2) is 9.01. The van der Waals surface area contributed by atoms with Crippen molar-refractivity contribution < 1.29 is 0 Å². The van der Waals surface area contributed by atoms with Crippen molar-refractivity contribution in [2.45, 2.75) is 0 Å². The average Bonchev–Trinajstić information content (AvgIpc) is 3.45.